The van der Waals surface area contributed by atoms with Crippen molar-refractivity contribution < 1.29 is 4.39 Å². The van der Waals surface area contributed by atoms with Crippen LogP contribution in [0.5, 0.6) is 0 Å². The third kappa shape index (κ3) is 2.63. The molecule has 0 bridgehead atoms. The Bertz CT molecular complexity index is 560. The van der Waals surface area contributed by atoms with Crippen LogP contribution in [-0.2, 0) is 6.54 Å². The van der Waals surface area contributed by atoms with Crippen LogP contribution in [0.2, 0.25) is 0 Å². The van der Waals surface area contributed by atoms with Crippen molar-refractivity contribution in [3.63, 3.8) is 0 Å². The number of benzene rings is 1. The molecular weight excluding hydrogens is 241 g/mol. The number of aromatic nitrogens is 2. The zero-order chi connectivity index (χ0) is 14.0. The van der Waals surface area contributed by atoms with Gasteiger partial charge in [0.1, 0.15) is 11.6 Å². The summed E-state index contributed by atoms with van der Waals surface area (Å²) in [5, 5.41) is 0. The van der Waals surface area contributed by atoms with Gasteiger partial charge in [-0.15, -0.1) is 0 Å². The summed E-state index contributed by atoms with van der Waals surface area (Å²) in [5.74, 6) is 1.40. The number of rotatable bonds is 5. The molecule has 0 amide bonds. The van der Waals surface area contributed by atoms with Gasteiger partial charge in [0.25, 0.3) is 0 Å². The molecule has 2 aromatic rings. The van der Waals surface area contributed by atoms with Crippen molar-refractivity contribution in [1.82, 2.24) is 9.55 Å². The molecular formula is C15H22FN3. The van der Waals surface area contributed by atoms with Gasteiger partial charge in [-0.3, -0.25) is 0 Å². The fourth-order valence-corrected chi connectivity index (χ4v) is 2.53. The second-order valence-corrected chi connectivity index (χ2v) is 5.34. The van der Waals surface area contributed by atoms with Gasteiger partial charge in [-0.2, -0.15) is 0 Å². The van der Waals surface area contributed by atoms with Gasteiger partial charge < -0.3 is 10.3 Å². The normalized spacial score (nSPS) is 13.4. The second-order valence-electron chi connectivity index (χ2n) is 5.34. The fraction of sp³-hybridized carbons (Fsp3) is 0.533. The minimum Gasteiger partial charge on any atom is -0.330 e. The van der Waals surface area contributed by atoms with Crippen LogP contribution in [0.15, 0.2) is 18.2 Å². The number of imidazole rings is 1. The van der Waals surface area contributed by atoms with Crippen molar-refractivity contribution >= 4 is 11.0 Å². The van der Waals surface area contributed by atoms with Gasteiger partial charge >= 0.3 is 0 Å². The van der Waals surface area contributed by atoms with E-state index in [1.165, 1.54) is 6.07 Å². The Hall–Kier alpha value is -1.42. The number of aryl methyl sites for hydroxylation is 1. The van der Waals surface area contributed by atoms with Crippen LogP contribution < -0.4 is 5.73 Å². The molecule has 0 aliphatic heterocycles. The van der Waals surface area contributed by atoms with Crippen molar-refractivity contribution in [3.8, 4) is 0 Å². The maximum atomic E-state index is 13.4. The second kappa shape index (κ2) is 5.70. The van der Waals surface area contributed by atoms with Crippen LogP contribution in [0.4, 0.5) is 4.39 Å². The molecule has 0 spiro atoms. The lowest BCUT2D eigenvalue weighted by Gasteiger charge is -2.20. The van der Waals surface area contributed by atoms with Crippen molar-refractivity contribution in [2.75, 3.05) is 6.54 Å². The first-order valence-electron chi connectivity index (χ1n) is 6.94. The predicted octanol–water partition coefficient (Wildman–Crippen LogP) is 3.28. The average molecular weight is 263 g/mol. The lowest BCUT2D eigenvalue weighted by atomic mass is 9.95. The first kappa shape index (κ1) is 14.0. The highest BCUT2D eigenvalue weighted by Gasteiger charge is 2.21. The summed E-state index contributed by atoms with van der Waals surface area (Å²) < 4.78 is 15.6. The van der Waals surface area contributed by atoms with Crippen molar-refractivity contribution in [1.29, 1.82) is 0 Å². The van der Waals surface area contributed by atoms with E-state index in [0.717, 1.165) is 29.8 Å². The Morgan fingerprint density at radius 2 is 2.11 bits per heavy atom. The topological polar surface area (TPSA) is 43.8 Å². The molecule has 104 valence electrons. The smallest absolute Gasteiger partial charge is 0.125 e. The molecule has 1 aromatic heterocycles. The monoisotopic (exact) mass is 263 g/mol. The van der Waals surface area contributed by atoms with Crippen LogP contribution in [0.25, 0.3) is 11.0 Å². The van der Waals surface area contributed by atoms with Gasteiger partial charge in [-0.05, 0) is 30.5 Å². The standard InChI is InChI=1S/C15H22FN3/c1-4-7-19-14-8-11(16)5-6-13(14)18-15(19)12(9-17)10(2)3/h5-6,8,10,12H,4,7,9,17H2,1-3H3. The maximum absolute atomic E-state index is 13.4. The molecule has 1 heterocycles. The maximum Gasteiger partial charge on any atom is 0.125 e. The number of fused-ring (bicyclic) bond motifs is 1. The Morgan fingerprint density at radius 1 is 1.37 bits per heavy atom. The third-order valence-corrected chi connectivity index (χ3v) is 3.58. The van der Waals surface area contributed by atoms with Crippen LogP contribution in [-0.4, -0.2) is 16.1 Å². The minimum atomic E-state index is -0.217. The van der Waals surface area contributed by atoms with E-state index >= 15 is 0 Å². The Morgan fingerprint density at radius 3 is 2.68 bits per heavy atom. The number of hydrogen-bond donors (Lipinski definition) is 1. The van der Waals surface area contributed by atoms with E-state index in [9.17, 15) is 4.39 Å². The number of nitrogens with zero attached hydrogens (tertiary/aromatic N) is 2. The zero-order valence-corrected chi connectivity index (χ0v) is 11.9. The van der Waals surface area contributed by atoms with E-state index in [-0.39, 0.29) is 11.7 Å². The average Bonchev–Trinajstić information content (AvgIpc) is 2.69. The Balaban J connectivity index is 2.62. The molecule has 1 aromatic carbocycles. The van der Waals surface area contributed by atoms with Gasteiger partial charge in [0.2, 0.25) is 0 Å². The summed E-state index contributed by atoms with van der Waals surface area (Å²) in [7, 11) is 0. The predicted molar refractivity (Wildman–Crippen MR) is 76.6 cm³/mol. The molecule has 0 fully saturated rings. The van der Waals surface area contributed by atoms with Gasteiger partial charge in [0, 0.05) is 19.0 Å². The van der Waals surface area contributed by atoms with Crippen molar-refractivity contribution in [2.24, 2.45) is 11.7 Å². The van der Waals surface area contributed by atoms with Gasteiger partial charge in [-0.1, -0.05) is 20.8 Å². The van der Waals surface area contributed by atoms with Gasteiger partial charge in [0.15, 0.2) is 0 Å². The lowest BCUT2D eigenvalue weighted by Crippen LogP contribution is -2.22. The molecule has 4 heteroatoms. The molecule has 3 nitrogen and oxygen atoms in total. The Kier molecular flexibility index (Phi) is 4.20. The largest absolute Gasteiger partial charge is 0.330 e. The molecule has 1 atom stereocenters. The number of hydrogen-bond acceptors (Lipinski definition) is 2. The zero-order valence-electron chi connectivity index (χ0n) is 11.9. The molecule has 2 rings (SSSR count). The highest BCUT2D eigenvalue weighted by molar-refractivity contribution is 5.76. The van der Waals surface area contributed by atoms with E-state index in [0.29, 0.717) is 12.5 Å². The first-order valence-corrected chi connectivity index (χ1v) is 6.94. The molecule has 0 saturated carbocycles. The summed E-state index contributed by atoms with van der Waals surface area (Å²) in [4.78, 5) is 4.68. The van der Waals surface area contributed by atoms with Gasteiger partial charge in [-0.25, -0.2) is 9.37 Å². The molecule has 0 aliphatic carbocycles. The third-order valence-electron chi connectivity index (χ3n) is 3.58. The van der Waals surface area contributed by atoms with E-state index in [2.05, 4.69) is 30.3 Å². The molecule has 0 radical (unpaired) electrons. The highest BCUT2D eigenvalue weighted by Crippen LogP contribution is 2.27. The van der Waals surface area contributed by atoms with Crippen LogP contribution in [0.1, 0.15) is 38.9 Å². The molecule has 2 N–H and O–H groups in total. The number of halogens is 1. The Labute approximate surface area is 113 Å². The SMILES string of the molecule is CCCn1c(C(CN)C(C)C)nc2ccc(F)cc21. The van der Waals surface area contributed by atoms with Crippen LogP contribution in [0.3, 0.4) is 0 Å². The van der Waals surface area contributed by atoms with Crippen LogP contribution >= 0.6 is 0 Å². The first-order chi connectivity index (χ1) is 9.08. The fourth-order valence-electron chi connectivity index (χ4n) is 2.53. The summed E-state index contributed by atoms with van der Waals surface area (Å²) in [6.07, 6.45) is 0.990. The highest BCUT2D eigenvalue weighted by atomic mass is 19.1. The van der Waals surface area contributed by atoms with E-state index < -0.39 is 0 Å². The minimum absolute atomic E-state index is 0.210. The lowest BCUT2D eigenvalue weighted by molar-refractivity contribution is 0.462. The molecule has 0 aliphatic rings. The molecule has 19 heavy (non-hydrogen) atoms. The quantitative estimate of drug-likeness (QED) is 0.899. The summed E-state index contributed by atoms with van der Waals surface area (Å²) in [6.45, 7) is 7.81. The van der Waals surface area contributed by atoms with Crippen LogP contribution in [0, 0.1) is 11.7 Å². The van der Waals surface area contributed by atoms with Crippen molar-refractivity contribution in [2.45, 2.75) is 39.7 Å². The molecule has 1 unspecified atom stereocenters. The van der Waals surface area contributed by atoms with E-state index in [1.807, 2.05) is 0 Å². The van der Waals surface area contributed by atoms with Crippen molar-refractivity contribution in [3.05, 3.63) is 29.8 Å². The van der Waals surface area contributed by atoms with E-state index in [4.69, 9.17) is 5.73 Å². The summed E-state index contributed by atoms with van der Waals surface area (Å²) in [5.41, 5.74) is 7.62. The summed E-state index contributed by atoms with van der Waals surface area (Å²) in [6, 6.07) is 4.77. The number of nitrogens with two attached hydrogens (primary N) is 1. The molecule has 0 saturated heterocycles. The van der Waals surface area contributed by atoms with Gasteiger partial charge in [0.05, 0.1) is 11.0 Å². The van der Waals surface area contributed by atoms with E-state index in [1.54, 1.807) is 12.1 Å². The summed E-state index contributed by atoms with van der Waals surface area (Å²) >= 11 is 0.